The number of nitrogens with one attached hydrogen (secondary N) is 1. The lowest BCUT2D eigenvalue weighted by molar-refractivity contribution is 0.767. The number of allylic oxidation sites excluding steroid dienone is 5. The highest BCUT2D eigenvalue weighted by Gasteiger charge is 2.46. The van der Waals surface area contributed by atoms with Crippen LogP contribution in [0, 0.1) is 0 Å². The summed E-state index contributed by atoms with van der Waals surface area (Å²) in [6, 6.07) is 36.7. The fourth-order valence-corrected chi connectivity index (χ4v) is 5.13. The Hall–Kier alpha value is -4.10. The fraction of sp³-hybridized carbons (Fsp3) is 0.0625. The van der Waals surface area contributed by atoms with Crippen LogP contribution in [0.25, 0.3) is 11.1 Å². The molecule has 4 aromatic rings. The summed E-state index contributed by atoms with van der Waals surface area (Å²) >= 11 is 0. The molecule has 1 atom stereocenters. The first-order valence-corrected chi connectivity index (χ1v) is 11.4. The van der Waals surface area contributed by atoms with Crippen LogP contribution in [0.2, 0.25) is 0 Å². The van der Waals surface area contributed by atoms with Crippen molar-refractivity contribution in [3.05, 3.63) is 156 Å². The Morgan fingerprint density at radius 1 is 0.727 bits per heavy atom. The van der Waals surface area contributed by atoms with Gasteiger partial charge in [0, 0.05) is 11.4 Å². The Kier molecular flexibility index (Phi) is 5.54. The molecular formula is C32H27N. The molecule has 0 saturated carbocycles. The Labute approximate surface area is 196 Å². The molecular weight excluding hydrogens is 398 g/mol. The van der Waals surface area contributed by atoms with Gasteiger partial charge in [0.05, 0.1) is 5.41 Å². The van der Waals surface area contributed by atoms with Crippen molar-refractivity contribution in [1.29, 1.82) is 0 Å². The van der Waals surface area contributed by atoms with E-state index in [0.717, 1.165) is 11.4 Å². The van der Waals surface area contributed by atoms with Gasteiger partial charge in [-0.05, 0) is 64.6 Å². The largest absolute Gasteiger partial charge is 0.356 e. The summed E-state index contributed by atoms with van der Waals surface area (Å²) in [6.07, 6.45) is 8.38. The van der Waals surface area contributed by atoms with Crippen LogP contribution < -0.4 is 5.32 Å². The number of fused-ring (bicyclic) bond motifs is 3. The molecule has 1 nitrogen and oxygen atoms in total. The number of rotatable bonds is 6. The third-order valence-corrected chi connectivity index (χ3v) is 6.39. The summed E-state index contributed by atoms with van der Waals surface area (Å²) < 4.78 is 0. The van der Waals surface area contributed by atoms with Crippen LogP contribution in [0.15, 0.2) is 140 Å². The molecule has 0 aliphatic heterocycles. The van der Waals surface area contributed by atoms with Crippen molar-refractivity contribution < 1.29 is 0 Å². The Morgan fingerprint density at radius 3 is 2.12 bits per heavy atom. The topological polar surface area (TPSA) is 12.0 Å². The minimum atomic E-state index is -0.428. The van der Waals surface area contributed by atoms with E-state index < -0.39 is 5.41 Å². The Bertz CT molecular complexity index is 1350. The number of para-hydroxylation sites is 1. The van der Waals surface area contributed by atoms with Gasteiger partial charge in [-0.15, -0.1) is 0 Å². The monoisotopic (exact) mass is 425 g/mol. The van der Waals surface area contributed by atoms with E-state index in [2.05, 4.69) is 134 Å². The van der Waals surface area contributed by atoms with Gasteiger partial charge in [0.1, 0.15) is 0 Å². The summed E-state index contributed by atoms with van der Waals surface area (Å²) in [5.74, 6) is 0. The number of hydrogen-bond donors (Lipinski definition) is 1. The van der Waals surface area contributed by atoms with E-state index in [4.69, 9.17) is 0 Å². The van der Waals surface area contributed by atoms with Crippen molar-refractivity contribution in [3.63, 3.8) is 0 Å². The maximum atomic E-state index is 4.04. The standard InChI is InChI=1S/C32H27N/c1-3-13-24(14-4-2)32(25-15-7-5-8-16-25)30-20-12-11-19-28(30)29-22-21-27(23-31(29)32)33-26-17-9-6-10-18-26/h3-23,33H,1H2,2H3/b14-4-,24-13+. The zero-order valence-electron chi connectivity index (χ0n) is 18.8. The fourth-order valence-electron chi connectivity index (χ4n) is 5.13. The number of hydrogen-bond acceptors (Lipinski definition) is 1. The van der Waals surface area contributed by atoms with Crippen molar-refractivity contribution in [1.82, 2.24) is 0 Å². The molecule has 0 amide bonds. The smallest absolute Gasteiger partial charge is 0.0714 e. The molecule has 160 valence electrons. The van der Waals surface area contributed by atoms with Crippen molar-refractivity contribution in [2.75, 3.05) is 5.32 Å². The SMILES string of the molecule is C=C/C=C(\C=C/C)C1(c2ccccc2)c2ccccc2-c2ccc(Nc3ccccc3)cc21. The lowest BCUT2D eigenvalue weighted by Crippen LogP contribution is -2.29. The minimum absolute atomic E-state index is 0.428. The van der Waals surface area contributed by atoms with Gasteiger partial charge < -0.3 is 5.32 Å². The normalized spacial score (nSPS) is 16.9. The molecule has 0 aromatic heterocycles. The van der Waals surface area contributed by atoms with Gasteiger partial charge in [0.2, 0.25) is 0 Å². The van der Waals surface area contributed by atoms with Crippen LogP contribution >= 0.6 is 0 Å². The summed E-state index contributed by atoms with van der Waals surface area (Å²) in [5, 5.41) is 3.59. The van der Waals surface area contributed by atoms with E-state index in [0.29, 0.717) is 0 Å². The quantitative estimate of drug-likeness (QED) is 0.306. The third kappa shape index (κ3) is 3.43. The second kappa shape index (κ2) is 8.80. The first-order valence-electron chi connectivity index (χ1n) is 11.4. The Balaban J connectivity index is 1.83. The van der Waals surface area contributed by atoms with Gasteiger partial charge in [-0.1, -0.05) is 110 Å². The second-order valence-electron chi connectivity index (χ2n) is 8.27. The first-order chi connectivity index (χ1) is 16.3. The van der Waals surface area contributed by atoms with Gasteiger partial charge in [0.25, 0.3) is 0 Å². The molecule has 0 heterocycles. The zero-order chi connectivity index (χ0) is 22.7. The molecule has 33 heavy (non-hydrogen) atoms. The average Bonchev–Trinajstić information content (AvgIpc) is 3.16. The van der Waals surface area contributed by atoms with Gasteiger partial charge in [-0.25, -0.2) is 0 Å². The van der Waals surface area contributed by atoms with Crippen molar-refractivity contribution in [2.45, 2.75) is 12.3 Å². The van der Waals surface area contributed by atoms with Gasteiger partial charge in [-0.3, -0.25) is 0 Å². The molecule has 0 spiro atoms. The Morgan fingerprint density at radius 2 is 1.39 bits per heavy atom. The molecule has 0 saturated heterocycles. The van der Waals surface area contributed by atoms with E-state index in [1.165, 1.54) is 33.4 Å². The molecule has 5 rings (SSSR count). The molecule has 1 N–H and O–H groups in total. The minimum Gasteiger partial charge on any atom is -0.356 e. The molecule has 1 aliphatic rings. The van der Waals surface area contributed by atoms with E-state index in [9.17, 15) is 0 Å². The molecule has 1 unspecified atom stereocenters. The summed E-state index contributed by atoms with van der Waals surface area (Å²) in [5.41, 5.74) is 9.31. The van der Waals surface area contributed by atoms with E-state index in [1.807, 2.05) is 12.1 Å². The van der Waals surface area contributed by atoms with Crippen LogP contribution in [0.4, 0.5) is 11.4 Å². The predicted octanol–water partition coefficient (Wildman–Crippen LogP) is 8.43. The van der Waals surface area contributed by atoms with Crippen LogP contribution in [-0.2, 0) is 5.41 Å². The molecule has 4 aromatic carbocycles. The predicted molar refractivity (Wildman–Crippen MR) is 141 cm³/mol. The zero-order valence-corrected chi connectivity index (χ0v) is 18.8. The van der Waals surface area contributed by atoms with Gasteiger partial charge >= 0.3 is 0 Å². The van der Waals surface area contributed by atoms with Gasteiger partial charge in [-0.2, -0.15) is 0 Å². The summed E-state index contributed by atoms with van der Waals surface area (Å²) in [7, 11) is 0. The van der Waals surface area contributed by atoms with Crippen LogP contribution in [0.3, 0.4) is 0 Å². The van der Waals surface area contributed by atoms with Crippen molar-refractivity contribution >= 4 is 11.4 Å². The highest BCUT2D eigenvalue weighted by Crippen LogP contribution is 2.57. The number of anilines is 2. The summed E-state index contributed by atoms with van der Waals surface area (Å²) in [6.45, 7) is 6.12. The number of benzene rings is 4. The summed E-state index contributed by atoms with van der Waals surface area (Å²) in [4.78, 5) is 0. The highest BCUT2D eigenvalue weighted by molar-refractivity contribution is 5.88. The molecule has 1 aliphatic carbocycles. The van der Waals surface area contributed by atoms with E-state index in [1.54, 1.807) is 0 Å². The first kappa shape index (κ1) is 20.8. The molecule has 0 radical (unpaired) electrons. The molecule has 0 bridgehead atoms. The van der Waals surface area contributed by atoms with Crippen molar-refractivity contribution in [3.8, 4) is 11.1 Å². The molecule has 1 heteroatoms. The third-order valence-electron chi connectivity index (χ3n) is 6.39. The maximum absolute atomic E-state index is 4.04. The van der Waals surface area contributed by atoms with E-state index in [-0.39, 0.29) is 0 Å². The van der Waals surface area contributed by atoms with E-state index >= 15 is 0 Å². The van der Waals surface area contributed by atoms with Crippen LogP contribution in [0.1, 0.15) is 23.6 Å². The lowest BCUT2D eigenvalue weighted by Gasteiger charge is -2.35. The average molecular weight is 426 g/mol. The van der Waals surface area contributed by atoms with Gasteiger partial charge in [0.15, 0.2) is 0 Å². The maximum Gasteiger partial charge on any atom is 0.0714 e. The lowest BCUT2D eigenvalue weighted by atomic mass is 9.67. The molecule has 0 fully saturated rings. The van der Waals surface area contributed by atoms with Crippen molar-refractivity contribution in [2.24, 2.45) is 0 Å². The van der Waals surface area contributed by atoms with Crippen LogP contribution in [0.5, 0.6) is 0 Å². The second-order valence-corrected chi connectivity index (χ2v) is 8.27. The highest BCUT2D eigenvalue weighted by atomic mass is 14.9. The van der Waals surface area contributed by atoms with Crippen LogP contribution in [-0.4, -0.2) is 0 Å².